The normalized spacial score (nSPS) is 32.3. The second-order valence-corrected chi connectivity index (χ2v) is 7.65. The Balaban J connectivity index is 1.86. The molecule has 2 aliphatic heterocycles. The average molecular weight is 287 g/mol. The number of aliphatic hydroxyl groups is 1. The molecule has 1 amide bonds. The van der Waals surface area contributed by atoms with E-state index in [2.05, 4.69) is 4.90 Å². The molecule has 114 valence electrons. The van der Waals surface area contributed by atoms with Crippen LogP contribution in [0.2, 0.25) is 0 Å². The zero-order valence-electron chi connectivity index (χ0n) is 13.2. The van der Waals surface area contributed by atoms with E-state index in [-0.39, 0.29) is 23.4 Å². The van der Waals surface area contributed by atoms with Crippen molar-refractivity contribution in [1.29, 1.82) is 0 Å². The fourth-order valence-corrected chi connectivity index (χ4v) is 3.93. The van der Waals surface area contributed by atoms with Gasteiger partial charge in [0.15, 0.2) is 0 Å². The van der Waals surface area contributed by atoms with Crippen molar-refractivity contribution < 1.29 is 9.90 Å². The van der Waals surface area contributed by atoms with E-state index in [9.17, 15) is 9.90 Å². The van der Waals surface area contributed by atoms with Crippen LogP contribution in [0.15, 0.2) is 30.3 Å². The van der Waals surface area contributed by atoms with E-state index in [1.165, 1.54) is 0 Å². The molecule has 2 saturated heterocycles. The van der Waals surface area contributed by atoms with Gasteiger partial charge >= 0.3 is 0 Å². The molecule has 0 aromatic heterocycles. The number of benzene rings is 1. The molecule has 3 rings (SSSR count). The Kier molecular flexibility index (Phi) is 3.36. The second-order valence-electron chi connectivity index (χ2n) is 7.65. The quantitative estimate of drug-likeness (QED) is 0.862. The third-order valence-corrected chi connectivity index (χ3v) is 4.95. The van der Waals surface area contributed by atoms with Gasteiger partial charge in [0.1, 0.15) is 0 Å². The minimum atomic E-state index is -0.776. The Morgan fingerprint density at radius 1 is 1.14 bits per heavy atom. The highest BCUT2D eigenvalue weighted by Gasteiger charge is 2.51. The summed E-state index contributed by atoms with van der Waals surface area (Å²) in [4.78, 5) is 14.7. The largest absolute Gasteiger partial charge is 0.385 e. The molecule has 21 heavy (non-hydrogen) atoms. The van der Waals surface area contributed by atoms with Crippen LogP contribution in [0.5, 0.6) is 0 Å². The number of nitrogens with zero attached hydrogens (tertiary/aromatic N) is 1. The van der Waals surface area contributed by atoms with Gasteiger partial charge in [0.2, 0.25) is 5.91 Å². The molecule has 2 aliphatic rings. The van der Waals surface area contributed by atoms with Gasteiger partial charge in [-0.3, -0.25) is 4.79 Å². The molecule has 2 fully saturated rings. The van der Waals surface area contributed by atoms with Crippen molar-refractivity contribution in [3.05, 3.63) is 35.9 Å². The van der Waals surface area contributed by atoms with E-state index >= 15 is 0 Å². The number of fused-ring (bicyclic) bond motifs is 2. The van der Waals surface area contributed by atoms with Crippen molar-refractivity contribution in [1.82, 2.24) is 4.90 Å². The first-order chi connectivity index (χ1) is 9.81. The van der Waals surface area contributed by atoms with E-state index in [1.807, 2.05) is 51.1 Å². The number of rotatable bonds is 1. The van der Waals surface area contributed by atoms with Gasteiger partial charge < -0.3 is 10.0 Å². The molecule has 1 aromatic carbocycles. The molecule has 0 radical (unpaired) electrons. The summed E-state index contributed by atoms with van der Waals surface area (Å²) in [7, 11) is 0. The lowest BCUT2D eigenvalue weighted by Crippen LogP contribution is -2.54. The standard InChI is InChI=1S/C18H25NO2/c1-17(2,3)16(20)19-14-9-10-15(19)12-18(21,11-14)13-7-5-4-6-8-13/h4-8,14-15,21H,9-12H2,1-3H3. The smallest absolute Gasteiger partial charge is 0.228 e. The van der Waals surface area contributed by atoms with Crippen molar-refractivity contribution in [2.24, 2.45) is 5.41 Å². The first-order valence-corrected chi connectivity index (χ1v) is 7.92. The van der Waals surface area contributed by atoms with Crippen molar-refractivity contribution in [3.8, 4) is 0 Å². The Labute approximate surface area is 127 Å². The molecule has 3 heteroatoms. The van der Waals surface area contributed by atoms with Crippen molar-refractivity contribution in [3.63, 3.8) is 0 Å². The van der Waals surface area contributed by atoms with Crippen LogP contribution in [0.3, 0.4) is 0 Å². The lowest BCUT2D eigenvalue weighted by atomic mass is 9.79. The number of piperidine rings is 1. The second kappa shape index (κ2) is 4.84. The summed E-state index contributed by atoms with van der Waals surface area (Å²) in [5, 5.41) is 11.1. The molecule has 3 nitrogen and oxygen atoms in total. The monoisotopic (exact) mass is 287 g/mol. The first kappa shape index (κ1) is 14.6. The summed E-state index contributed by atoms with van der Waals surface area (Å²) in [6, 6.07) is 10.3. The predicted molar refractivity (Wildman–Crippen MR) is 82.7 cm³/mol. The van der Waals surface area contributed by atoms with Gasteiger partial charge in [0.25, 0.3) is 0 Å². The van der Waals surface area contributed by atoms with Gasteiger partial charge in [0.05, 0.1) is 5.60 Å². The molecule has 2 atom stereocenters. The average Bonchev–Trinajstić information content (AvgIpc) is 2.70. The lowest BCUT2D eigenvalue weighted by molar-refractivity contribution is -0.150. The molecular weight excluding hydrogens is 262 g/mol. The maximum Gasteiger partial charge on any atom is 0.228 e. The van der Waals surface area contributed by atoms with Crippen LogP contribution in [0, 0.1) is 5.41 Å². The lowest BCUT2D eigenvalue weighted by Gasteiger charge is -2.46. The highest BCUT2D eigenvalue weighted by atomic mass is 16.3. The number of carbonyl (C=O) groups is 1. The fourth-order valence-electron chi connectivity index (χ4n) is 3.93. The zero-order chi connectivity index (χ0) is 15.3. The van der Waals surface area contributed by atoms with Crippen LogP contribution in [-0.2, 0) is 10.4 Å². The Morgan fingerprint density at radius 2 is 1.67 bits per heavy atom. The first-order valence-electron chi connectivity index (χ1n) is 7.92. The molecular formula is C18H25NO2. The summed E-state index contributed by atoms with van der Waals surface area (Å²) in [6.45, 7) is 5.94. The van der Waals surface area contributed by atoms with Gasteiger partial charge in [-0.25, -0.2) is 0 Å². The van der Waals surface area contributed by atoms with Gasteiger partial charge in [0, 0.05) is 30.3 Å². The molecule has 2 bridgehead atoms. The molecule has 1 aromatic rings. The molecule has 2 unspecified atom stereocenters. The van der Waals surface area contributed by atoms with E-state index in [1.54, 1.807) is 0 Å². The SMILES string of the molecule is CC(C)(C)C(=O)N1C2CCC1CC(O)(c1ccccc1)C2. The molecule has 0 spiro atoms. The summed E-state index contributed by atoms with van der Waals surface area (Å²) in [6.07, 6.45) is 3.36. The van der Waals surface area contributed by atoms with E-state index in [0.29, 0.717) is 12.8 Å². The summed E-state index contributed by atoms with van der Waals surface area (Å²) >= 11 is 0. The number of hydrogen-bond donors (Lipinski definition) is 1. The molecule has 2 heterocycles. The number of hydrogen-bond acceptors (Lipinski definition) is 2. The summed E-state index contributed by atoms with van der Waals surface area (Å²) < 4.78 is 0. The molecule has 0 saturated carbocycles. The van der Waals surface area contributed by atoms with Crippen LogP contribution < -0.4 is 0 Å². The third kappa shape index (κ3) is 2.48. The van der Waals surface area contributed by atoms with Crippen molar-refractivity contribution in [2.75, 3.05) is 0 Å². The zero-order valence-corrected chi connectivity index (χ0v) is 13.2. The number of amides is 1. The number of carbonyl (C=O) groups excluding carboxylic acids is 1. The fraction of sp³-hybridized carbons (Fsp3) is 0.611. The van der Waals surface area contributed by atoms with Gasteiger partial charge in [-0.1, -0.05) is 51.1 Å². The summed E-state index contributed by atoms with van der Waals surface area (Å²) in [5.74, 6) is 0.227. The van der Waals surface area contributed by atoms with Crippen LogP contribution in [-0.4, -0.2) is 28.0 Å². The van der Waals surface area contributed by atoms with E-state index in [0.717, 1.165) is 18.4 Å². The molecule has 1 N–H and O–H groups in total. The van der Waals surface area contributed by atoms with Crippen LogP contribution in [0.4, 0.5) is 0 Å². The Hall–Kier alpha value is -1.35. The van der Waals surface area contributed by atoms with Crippen molar-refractivity contribution in [2.45, 2.75) is 64.1 Å². The van der Waals surface area contributed by atoms with Gasteiger partial charge in [-0.15, -0.1) is 0 Å². The highest BCUT2D eigenvalue weighted by Crippen LogP contribution is 2.46. The maximum absolute atomic E-state index is 12.7. The Bertz CT molecular complexity index is 518. The minimum Gasteiger partial charge on any atom is -0.385 e. The van der Waals surface area contributed by atoms with Gasteiger partial charge in [-0.2, -0.15) is 0 Å². The third-order valence-electron chi connectivity index (χ3n) is 4.95. The summed E-state index contributed by atoms with van der Waals surface area (Å²) in [5.41, 5.74) is -0.130. The van der Waals surface area contributed by atoms with E-state index in [4.69, 9.17) is 0 Å². The van der Waals surface area contributed by atoms with Crippen LogP contribution in [0.1, 0.15) is 52.0 Å². The van der Waals surface area contributed by atoms with Gasteiger partial charge in [-0.05, 0) is 18.4 Å². The predicted octanol–water partition coefficient (Wildman–Crippen LogP) is 3.07. The highest BCUT2D eigenvalue weighted by molar-refractivity contribution is 5.82. The molecule has 0 aliphatic carbocycles. The minimum absolute atomic E-state index is 0.181. The van der Waals surface area contributed by atoms with Crippen molar-refractivity contribution >= 4 is 5.91 Å². The maximum atomic E-state index is 12.7. The topological polar surface area (TPSA) is 40.5 Å². The van der Waals surface area contributed by atoms with E-state index < -0.39 is 5.60 Å². The Morgan fingerprint density at radius 3 is 2.14 bits per heavy atom. The van der Waals surface area contributed by atoms with Crippen LogP contribution >= 0.6 is 0 Å². The van der Waals surface area contributed by atoms with Crippen LogP contribution in [0.25, 0.3) is 0 Å².